The zero-order chi connectivity index (χ0) is 9.42. The third-order valence-corrected chi connectivity index (χ3v) is 2.59. The highest BCUT2D eigenvalue weighted by Gasteiger charge is 2.27. The molecule has 1 N–H and O–H groups in total. The van der Waals surface area contributed by atoms with Crippen molar-refractivity contribution in [1.82, 2.24) is 9.97 Å². The molecular weight excluding hydrogens is 162 g/mol. The van der Waals surface area contributed by atoms with Crippen LogP contribution in [-0.2, 0) is 0 Å². The van der Waals surface area contributed by atoms with Crippen molar-refractivity contribution >= 4 is 5.82 Å². The van der Waals surface area contributed by atoms with E-state index in [-0.39, 0.29) is 0 Å². The van der Waals surface area contributed by atoms with Gasteiger partial charge in [0.15, 0.2) is 0 Å². The van der Waals surface area contributed by atoms with Crippen LogP contribution in [0.1, 0.15) is 35.8 Å². The van der Waals surface area contributed by atoms with Crippen LogP contribution < -0.4 is 5.32 Å². The van der Waals surface area contributed by atoms with Gasteiger partial charge in [-0.2, -0.15) is 0 Å². The first-order valence-electron chi connectivity index (χ1n) is 4.75. The van der Waals surface area contributed by atoms with Crippen LogP contribution >= 0.6 is 0 Å². The monoisotopic (exact) mass is 177 g/mol. The van der Waals surface area contributed by atoms with Crippen molar-refractivity contribution in [1.29, 1.82) is 0 Å². The van der Waals surface area contributed by atoms with Crippen LogP contribution in [0.3, 0.4) is 0 Å². The van der Waals surface area contributed by atoms with Gasteiger partial charge in [-0.1, -0.05) is 0 Å². The van der Waals surface area contributed by atoms with Gasteiger partial charge in [0.25, 0.3) is 0 Å². The molecule has 2 rings (SSSR count). The summed E-state index contributed by atoms with van der Waals surface area (Å²) in [6.07, 6.45) is 2.51. The minimum Gasteiger partial charge on any atom is -0.373 e. The molecule has 0 aliphatic heterocycles. The van der Waals surface area contributed by atoms with Gasteiger partial charge < -0.3 is 5.32 Å². The van der Waals surface area contributed by atoms with Crippen molar-refractivity contribution in [3.63, 3.8) is 0 Å². The third-order valence-electron chi connectivity index (χ3n) is 2.59. The van der Waals surface area contributed by atoms with Gasteiger partial charge in [0.2, 0.25) is 0 Å². The molecule has 0 spiro atoms. The quantitative estimate of drug-likeness (QED) is 0.751. The number of aryl methyl sites for hydroxylation is 1. The summed E-state index contributed by atoms with van der Waals surface area (Å²) in [7, 11) is 1.91. The average molecular weight is 177 g/mol. The standard InChI is InChI=1S/C10H15N3/c1-6-7(2)12-10(8-4-5-8)13-9(6)11-3/h8H,4-5H2,1-3H3,(H,11,12,13). The minimum atomic E-state index is 0.631. The first kappa shape index (κ1) is 8.48. The Balaban J connectivity index is 2.43. The lowest BCUT2D eigenvalue weighted by atomic mass is 10.2. The van der Waals surface area contributed by atoms with Crippen LogP contribution in [0.15, 0.2) is 0 Å². The summed E-state index contributed by atoms with van der Waals surface area (Å²) < 4.78 is 0. The Morgan fingerprint density at radius 1 is 1.23 bits per heavy atom. The molecule has 3 heteroatoms. The van der Waals surface area contributed by atoms with E-state index in [4.69, 9.17) is 0 Å². The normalized spacial score (nSPS) is 15.9. The molecule has 1 aromatic heterocycles. The largest absolute Gasteiger partial charge is 0.373 e. The van der Waals surface area contributed by atoms with Gasteiger partial charge in [0.05, 0.1) is 0 Å². The zero-order valence-electron chi connectivity index (χ0n) is 8.39. The fourth-order valence-electron chi connectivity index (χ4n) is 1.42. The fourth-order valence-corrected chi connectivity index (χ4v) is 1.42. The Morgan fingerprint density at radius 2 is 1.92 bits per heavy atom. The fraction of sp³-hybridized carbons (Fsp3) is 0.600. The molecule has 1 aliphatic carbocycles. The van der Waals surface area contributed by atoms with E-state index in [1.54, 1.807) is 0 Å². The number of anilines is 1. The summed E-state index contributed by atoms with van der Waals surface area (Å²) in [6.45, 7) is 4.10. The van der Waals surface area contributed by atoms with Crippen molar-refractivity contribution in [3.05, 3.63) is 17.1 Å². The van der Waals surface area contributed by atoms with Crippen LogP contribution in [0.4, 0.5) is 5.82 Å². The molecule has 0 radical (unpaired) electrons. The van der Waals surface area contributed by atoms with E-state index in [2.05, 4.69) is 22.2 Å². The van der Waals surface area contributed by atoms with E-state index < -0.39 is 0 Å². The number of hydrogen-bond donors (Lipinski definition) is 1. The van der Waals surface area contributed by atoms with Gasteiger partial charge in [-0.3, -0.25) is 0 Å². The molecule has 0 unspecified atom stereocenters. The average Bonchev–Trinajstić information content (AvgIpc) is 2.92. The molecule has 1 aromatic rings. The van der Waals surface area contributed by atoms with Crippen molar-refractivity contribution < 1.29 is 0 Å². The van der Waals surface area contributed by atoms with Crippen LogP contribution in [0.2, 0.25) is 0 Å². The molecule has 13 heavy (non-hydrogen) atoms. The molecule has 3 nitrogen and oxygen atoms in total. The molecule has 1 heterocycles. The van der Waals surface area contributed by atoms with Crippen LogP contribution in [0.5, 0.6) is 0 Å². The van der Waals surface area contributed by atoms with Crippen molar-refractivity contribution in [2.75, 3.05) is 12.4 Å². The van der Waals surface area contributed by atoms with Crippen molar-refractivity contribution in [2.24, 2.45) is 0 Å². The highest BCUT2D eigenvalue weighted by atomic mass is 15.0. The van der Waals surface area contributed by atoms with Crippen LogP contribution in [0.25, 0.3) is 0 Å². The number of aromatic nitrogens is 2. The van der Waals surface area contributed by atoms with E-state index in [1.807, 2.05) is 14.0 Å². The van der Waals surface area contributed by atoms with Gasteiger partial charge in [-0.05, 0) is 26.7 Å². The SMILES string of the molecule is CNc1nc(C2CC2)nc(C)c1C. The molecule has 1 fully saturated rings. The highest BCUT2D eigenvalue weighted by molar-refractivity contribution is 5.45. The maximum Gasteiger partial charge on any atom is 0.134 e. The topological polar surface area (TPSA) is 37.8 Å². The van der Waals surface area contributed by atoms with E-state index in [0.717, 1.165) is 22.9 Å². The van der Waals surface area contributed by atoms with E-state index in [1.165, 1.54) is 12.8 Å². The molecule has 0 saturated heterocycles. The second-order valence-corrected chi connectivity index (χ2v) is 3.67. The minimum absolute atomic E-state index is 0.631. The van der Waals surface area contributed by atoms with Crippen molar-refractivity contribution in [2.45, 2.75) is 32.6 Å². The lowest BCUT2D eigenvalue weighted by Gasteiger charge is -2.08. The molecule has 0 aromatic carbocycles. The number of hydrogen-bond acceptors (Lipinski definition) is 3. The zero-order valence-corrected chi connectivity index (χ0v) is 8.39. The van der Waals surface area contributed by atoms with Crippen LogP contribution in [-0.4, -0.2) is 17.0 Å². The first-order valence-corrected chi connectivity index (χ1v) is 4.75. The summed E-state index contributed by atoms with van der Waals surface area (Å²) in [5.74, 6) is 2.63. The Bertz CT molecular complexity index is 329. The van der Waals surface area contributed by atoms with Gasteiger partial charge in [0, 0.05) is 24.2 Å². The Hall–Kier alpha value is -1.12. The van der Waals surface area contributed by atoms with Crippen LogP contribution in [0, 0.1) is 13.8 Å². The number of nitrogens with zero attached hydrogens (tertiary/aromatic N) is 2. The molecular formula is C10H15N3. The molecule has 1 saturated carbocycles. The van der Waals surface area contributed by atoms with Gasteiger partial charge in [0.1, 0.15) is 11.6 Å². The van der Waals surface area contributed by atoms with Gasteiger partial charge in [-0.15, -0.1) is 0 Å². The van der Waals surface area contributed by atoms with E-state index in [9.17, 15) is 0 Å². The van der Waals surface area contributed by atoms with E-state index >= 15 is 0 Å². The van der Waals surface area contributed by atoms with Gasteiger partial charge >= 0.3 is 0 Å². The molecule has 70 valence electrons. The lowest BCUT2D eigenvalue weighted by Crippen LogP contribution is -2.04. The summed E-state index contributed by atoms with van der Waals surface area (Å²) >= 11 is 0. The van der Waals surface area contributed by atoms with Crippen molar-refractivity contribution in [3.8, 4) is 0 Å². The Labute approximate surface area is 78.6 Å². The molecule has 0 bridgehead atoms. The second kappa shape index (κ2) is 2.98. The first-order chi connectivity index (χ1) is 6.22. The predicted octanol–water partition coefficient (Wildman–Crippen LogP) is 2.01. The predicted molar refractivity (Wildman–Crippen MR) is 53.0 cm³/mol. The lowest BCUT2D eigenvalue weighted by molar-refractivity contribution is 0.896. The highest BCUT2D eigenvalue weighted by Crippen LogP contribution is 2.38. The summed E-state index contributed by atoms with van der Waals surface area (Å²) in [6, 6.07) is 0. The Morgan fingerprint density at radius 3 is 2.46 bits per heavy atom. The van der Waals surface area contributed by atoms with Gasteiger partial charge in [-0.25, -0.2) is 9.97 Å². The molecule has 0 atom stereocenters. The second-order valence-electron chi connectivity index (χ2n) is 3.67. The maximum atomic E-state index is 4.49. The summed E-state index contributed by atoms with van der Waals surface area (Å²) in [5.41, 5.74) is 2.26. The Kier molecular flexibility index (Phi) is 1.94. The van der Waals surface area contributed by atoms with E-state index in [0.29, 0.717) is 5.92 Å². The molecule has 0 amide bonds. The third kappa shape index (κ3) is 1.50. The number of rotatable bonds is 2. The number of nitrogens with one attached hydrogen (secondary N) is 1. The summed E-state index contributed by atoms with van der Waals surface area (Å²) in [5, 5.41) is 3.11. The maximum absolute atomic E-state index is 4.49. The molecule has 1 aliphatic rings. The summed E-state index contributed by atoms with van der Waals surface area (Å²) in [4.78, 5) is 8.98. The smallest absolute Gasteiger partial charge is 0.134 e.